The summed E-state index contributed by atoms with van der Waals surface area (Å²) >= 11 is 0. The van der Waals surface area contributed by atoms with Crippen molar-refractivity contribution in [1.82, 2.24) is 4.90 Å². The van der Waals surface area contributed by atoms with Gasteiger partial charge in [-0.05, 0) is 63.9 Å². The molecule has 1 atom stereocenters. The average molecular weight is 355 g/mol. The maximum Gasteiger partial charge on any atom is 0.193 e. The number of piperidine rings is 1. The van der Waals surface area contributed by atoms with Gasteiger partial charge in [0.05, 0.1) is 12.0 Å². The Bertz CT molecular complexity index is 807. The number of hydrogen-bond donors (Lipinski definition) is 0. The molecule has 1 aromatic carbocycles. The molecule has 2 heterocycles. The van der Waals surface area contributed by atoms with E-state index >= 15 is 0 Å². The quantitative estimate of drug-likeness (QED) is 0.779. The van der Waals surface area contributed by atoms with Crippen LogP contribution in [0, 0.1) is 0 Å². The molecule has 0 spiro atoms. The molecule has 140 valence electrons. The molecule has 2 aliphatic rings. The first-order valence-electron chi connectivity index (χ1n) is 10.1. The van der Waals surface area contributed by atoms with Crippen molar-refractivity contribution in [2.75, 3.05) is 20.2 Å². The standard InChI is InChI=1S/C22H29NO3/c1-23-12-5-4-8-17(23)11-13-25-18-9-10-21-19(14-18)20(24)15-22(26-21)16-6-2-3-7-16/h9-10,14-17H,2-8,11-13H2,1H3. The molecule has 1 aliphatic carbocycles. The molecule has 4 heteroatoms. The van der Waals surface area contributed by atoms with Crippen molar-refractivity contribution in [1.29, 1.82) is 0 Å². The van der Waals surface area contributed by atoms with Gasteiger partial charge in [0.1, 0.15) is 17.1 Å². The molecule has 4 rings (SSSR count). The van der Waals surface area contributed by atoms with E-state index in [4.69, 9.17) is 9.15 Å². The van der Waals surface area contributed by atoms with Crippen LogP contribution in [0.25, 0.3) is 11.0 Å². The van der Waals surface area contributed by atoms with Crippen LogP contribution in [-0.2, 0) is 0 Å². The number of ether oxygens (including phenoxy) is 1. The van der Waals surface area contributed by atoms with Crippen LogP contribution in [0.5, 0.6) is 5.75 Å². The van der Waals surface area contributed by atoms with Crippen LogP contribution in [-0.4, -0.2) is 31.1 Å². The van der Waals surface area contributed by atoms with Crippen molar-refractivity contribution in [3.05, 3.63) is 40.2 Å². The summed E-state index contributed by atoms with van der Waals surface area (Å²) in [5, 5.41) is 0.624. The van der Waals surface area contributed by atoms with Crippen LogP contribution in [0.1, 0.15) is 63.0 Å². The van der Waals surface area contributed by atoms with Gasteiger partial charge in [0.15, 0.2) is 5.43 Å². The normalized spacial score (nSPS) is 22.1. The van der Waals surface area contributed by atoms with Crippen molar-refractivity contribution in [3.8, 4) is 5.75 Å². The fourth-order valence-electron chi connectivity index (χ4n) is 4.48. The maximum atomic E-state index is 12.6. The molecule has 26 heavy (non-hydrogen) atoms. The minimum absolute atomic E-state index is 0.0469. The summed E-state index contributed by atoms with van der Waals surface area (Å²) in [5.41, 5.74) is 0.726. The van der Waals surface area contributed by atoms with Crippen molar-refractivity contribution >= 4 is 11.0 Å². The first-order valence-corrected chi connectivity index (χ1v) is 10.1. The van der Waals surface area contributed by atoms with Crippen LogP contribution >= 0.6 is 0 Å². The monoisotopic (exact) mass is 355 g/mol. The van der Waals surface area contributed by atoms with E-state index in [9.17, 15) is 4.79 Å². The third kappa shape index (κ3) is 3.80. The van der Waals surface area contributed by atoms with Crippen LogP contribution in [0.15, 0.2) is 33.5 Å². The van der Waals surface area contributed by atoms with E-state index in [0.717, 1.165) is 30.8 Å². The zero-order valence-electron chi connectivity index (χ0n) is 15.7. The van der Waals surface area contributed by atoms with Crippen LogP contribution in [0.3, 0.4) is 0 Å². The maximum absolute atomic E-state index is 12.6. The number of nitrogens with zero attached hydrogens (tertiary/aromatic N) is 1. The van der Waals surface area contributed by atoms with E-state index < -0.39 is 0 Å². The summed E-state index contributed by atoms with van der Waals surface area (Å²) in [5.74, 6) is 2.03. The van der Waals surface area contributed by atoms with E-state index in [0.29, 0.717) is 29.5 Å². The second kappa shape index (κ2) is 7.83. The van der Waals surface area contributed by atoms with Gasteiger partial charge in [-0.25, -0.2) is 0 Å². The Morgan fingerprint density at radius 3 is 2.73 bits per heavy atom. The molecular formula is C22H29NO3. The van der Waals surface area contributed by atoms with Gasteiger partial charge in [0.25, 0.3) is 0 Å². The molecule has 0 radical (unpaired) electrons. The number of rotatable bonds is 5. The molecule has 1 aliphatic heterocycles. The summed E-state index contributed by atoms with van der Waals surface area (Å²) in [6.45, 7) is 1.87. The molecule has 4 nitrogen and oxygen atoms in total. The second-order valence-electron chi connectivity index (χ2n) is 7.92. The van der Waals surface area contributed by atoms with Crippen molar-refractivity contribution in [3.63, 3.8) is 0 Å². The molecule has 1 unspecified atom stereocenters. The molecule has 0 amide bonds. The molecule has 1 saturated carbocycles. The van der Waals surface area contributed by atoms with Gasteiger partial charge in [-0.2, -0.15) is 0 Å². The lowest BCUT2D eigenvalue weighted by molar-refractivity contribution is 0.153. The fourth-order valence-corrected chi connectivity index (χ4v) is 4.48. The molecule has 1 aromatic heterocycles. The summed E-state index contributed by atoms with van der Waals surface area (Å²) in [7, 11) is 2.20. The molecular weight excluding hydrogens is 326 g/mol. The van der Waals surface area contributed by atoms with E-state index in [2.05, 4.69) is 11.9 Å². The zero-order chi connectivity index (χ0) is 17.9. The van der Waals surface area contributed by atoms with Crippen LogP contribution in [0.4, 0.5) is 0 Å². The minimum atomic E-state index is 0.0469. The Kier molecular flexibility index (Phi) is 5.30. The Morgan fingerprint density at radius 1 is 1.12 bits per heavy atom. The number of benzene rings is 1. The lowest BCUT2D eigenvalue weighted by atomic mass is 10.0. The van der Waals surface area contributed by atoms with Gasteiger partial charge in [0.2, 0.25) is 0 Å². The lowest BCUT2D eigenvalue weighted by Gasteiger charge is -2.32. The molecule has 0 bridgehead atoms. The summed E-state index contributed by atoms with van der Waals surface area (Å²) in [6, 6.07) is 7.96. The molecule has 1 saturated heterocycles. The van der Waals surface area contributed by atoms with Crippen LogP contribution in [0.2, 0.25) is 0 Å². The highest BCUT2D eigenvalue weighted by Gasteiger charge is 2.21. The first kappa shape index (κ1) is 17.6. The molecule has 2 fully saturated rings. The Hall–Kier alpha value is -1.81. The van der Waals surface area contributed by atoms with Gasteiger partial charge >= 0.3 is 0 Å². The SMILES string of the molecule is CN1CCCCC1CCOc1ccc2oc(C3CCCC3)cc(=O)c2c1. The summed E-state index contributed by atoms with van der Waals surface area (Å²) < 4.78 is 12.0. The third-order valence-electron chi connectivity index (χ3n) is 6.12. The van der Waals surface area contributed by atoms with Gasteiger partial charge in [-0.3, -0.25) is 4.79 Å². The number of fused-ring (bicyclic) bond motifs is 1. The Morgan fingerprint density at radius 2 is 1.92 bits per heavy atom. The van der Waals surface area contributed by atoms with E-state index in [1.54, 1.807) is 6.07 Å². The highest BCUT2D eigenvalue weighted by molar-refractivity contribution is 5.78. The smallest absolute Gasteiger partial charge is 0.193 e. The molecule has 2 aromatic rings. The van der Waals surface area contributed by atoms with Gasteiger partial charge in [-0.1, -0.05) is 19.3 Å². The third-order valence-corrected chi connectivity index (χ3v) is 6.12. The summed E-state index contributed by atoms with van der Waals surface area (Å²) in [6.07, 6.45) is 9.63. The van der Waals surface area contributed by atoms with Gasteiger partial charge in [0, 0.05) is 18.0 Å². The Labute approximate surface area is 155 Å². The average Bonchev–Trinajstić information content (AvgIpc) is 3.18. The van der Waals surface area contributed by atoms with E-state index in [-0.39, 0.29) is 5.43 Å². The number of hydrogen-bond acceptors (Lipinski definition) is 4. The minimum Gasteiger partial charge on any atom is -0.494 e. The van der Waals surface area contributed by atoms with E-state index in [1.165, 1.54) is 38.6 Å². The largest absolute Gasteiger partial charge is 0.494 e. The first-order chi connectivity index (χ1) is 12.7. The topological polar surface area (TPSA) is 42.7 Å². The predicted octanol–water partition coefficient (Wildman–Crippen LogP) is 4.70. The Balaban J connectivity index is 1.44. The van der Waals surface area contributed by atoms with Crippen molar-refractivity contribution in [2.24, 2.45) is 0 Å². The van der Waals surface area contributed by atoms with Crippen LogP contribution < -0.4 is 10.2 Å². The lowest BCUT2D eigenvalue weighted by Crippen LogP contribution is -2.37. The van der Waals surface area contributed by atoms with E-state index in [1.807, 2.05) is 18.2 Å². The number of likely N-dealkylation sites (tertiary alicyclic amines) is 1. The molecule has 0 N–H and O–H groups in total. The second-order valence-corrected chi connectivity index (χ2v) is 7.92. The van der Waals surface area contributed by atoms with Gasteiger partial charge < -0.3 is 14.1 Å². The van der Waals surface area contributed by atoms with Crippen molar-refractivity contribution in [2.45, 2.75) is 63.3 Å². The summed E-state index contributed by atoms with van der Waals surface area (Å²) in [4.78, 5) is 15.0. The van der Waals surface area contributed by atoms with Crippen molar-refractivity contribution < 1.29 is 9.15 Å². The zero-order valence-corrected chi connectivity index (χ0v) is 15.7. The fraction of sp³-hybridized carbons (Fsp3) is 0.591. The highest BCUT2D eigenvalue weighted by Crippen LogP contribution is 2.34. The predicted molar refractivity (Wildman–Crippen MR) is 104 cm³/mol. The van der Waals surface area contributed by atoms with Gasteiger partial charge in [-0.15, -0.1) is 0 Å². The highest BCUT2D eigenvalue weighted by atomic mass is 16.5.